The van der Waals surface area contributed by atoms with Crippen molar-refractivity contribution in [1.82, 2.24) is 5.32 Å². The molecule has 1 N–H and O–H groups in total. The Balaban J connectivity index is 1.67. The van der Waals surface area contributed by atoms with Crippen LogP contribution in [-0.2, 0) is 6.42 Å². The predicted molar refractivity (Wildman–Crippen MR) is 73.3 cm³/mol. The molecule has 1 aliphatic heterocycles. The zero-order valence-electron chi connectivity index (χ0n) is 10.8. The van der Waals surface area contributed by atoms with Gasteiger partial charge in [0.15, 0.2) is 0 Å². The summed E-state index contributed by atoms with van der Waals surface area (Å²) in [6.07, 6.45) is 0.739. The first-order chi connectivity index (χ1) is 9.72. The van der Waals surface area contributed by atoms with Crippen molar-refractivity contribution in [2.24, 2.45) is 0 Å². The lowest BCUT2D eigenvalue weighted by Gasteiger charge is -2.26. The molecule has 2 aromatic rings. The van der Waals surface area contributed by atoms with Gasteiger partial charge in [-0.2, -0.15) is 0 Å². The summed E-state index contributed by atoms with van der Waals surface area (Å²) in [6.45, 7) is 0.448. The molecule has 1 atom stereocenters. The number of ether oxygens (including phenoxy) is 1. The van der Waals surface area contributed by atoms with Gasteiger partial charge in [-0.05, 0) is 42.3 Å². The fourth-order valence-corrected chi connectivity index (χ4v) is 2.29. The summed E-state index contributed by atoms with van der Waals surface area (Å²) >= 11 is 0. The number of carbonyl (C=O) groups excluding carboxylic acids is 1. The number of rotatable bonds is 2. The first-order valence-electron chi connectivity index (χ1n) is 6.49. The zero-order valence-corrected chi connectivity index (χ0v) is 10.8. The summed E-state index contributed by atoms with van der Waals surface area (Å²) in [7, 11) is 0. The lowest BCUT2D eigenvalue weighted by molar-refractivity contribution is 0.0915. The van der Waals surface area contributed by atoms with E-state index in [9.17, 15) is 9.18 Å². The molecule has 1 unspecified atom stereocenters. The van der Waals surface area contributed by atoms with E-state index in [1.807, 2.05) is 24.3 Å². The first-order valence-corrected chi connectivity index (χ1v) is 6.49. The van der Waals surface area contributed by atoms with E-state index in [1.165, 1.54) is 24.3 Å². The van der Waals surface area contributed by atoms with Gasteiger partial charge >= 0.3 is 0 Å². The monoisotopic (exact) mass is 271 g/mol. The number of halogens is 1. The topological polar surface area (TPSA) is 38.3 Å². The Morgan fingerprint density at radius 3 is 2.70 bits per heavy atom. The number of nitrogens with one attached hydrogen (secondary N) is 1. The van der Waals surface area contributed by atoms with Crippen LogP contribution in [0.5, 0.6) is 5.75 Å². The fraction of sp³-hybridized carbons (Fsp3) is 0.188. The van der Waals surface area contributed by atoms with Gasteiger partial charge in [-0.25, -0.2) is 4.39 Å². The van der Waals surface area contributed by atoms with Crippen LogP contribution < -0.4 is 10.1 Å². The van der Waals surface area contributed by atoms with Gasteiger partial charge in [-0.3, -0.25) is 4.79 Å². The van der Waals surface area contributed by atoms with Gasteiger partial charge in [-0.1, -0.05) is 18.2 Å². The molecule has 0 saturated heterocycles. The maximum Gasteiger partial charge on any atom is 0.251 e. The van der Waals surface area contributed by atoms with Crippen molar-refractivity contribution < 1.29 is 13.9 Å². The molecule has 20 heavy (non-hydrogen) atoms. The Hall–Kier alpha value is -2.36. The van der Waals surface area contributed by atoms with E-state index in [-0.39, 0.29) is 17.8 Å². The van der Waals surface area contributed by atoms with E-state index in [0.29, 0.717) is 12.2 Å². The van der Waals surface area contributed by atoms with Crippen LogP contribution in [0.4, 0.5) is 4.39 Å². The molecule has 0 aromatic heterocycles. The Labute approximate surface area is 116 Å². The molecule has 0 spiro atoms. The van der Waals surface area contributed by atoms with E-state index in [0.717, 1.165) is 17.7 Å². The molecule has 2 aromatic carbocycles. The van der Waals surface area contributed by atoms with Crippen LogP contribution in [0.3, 0.4) is 0 Å². The number of hydrogen-bond donors (Lipinski definition) is 1. The standard InChI is InChI=1S/C16H14FNO2/c17-13-7-5-11(6-8-13)16(19)18-14-9-12-3-1-2-4-15(12)20-10-14/h1-8,14H,9-10H2,(H,18,19). The van der Waals surface area contributed by atoms with Gasteiger partial charge in [0.1, 0.15) is 18.2 Å². The fourth-order valence-electron chi connectivity index (χ4n) is 2.29. The second-order valence-electron chi connectivity index (χ2n) is 4.80. The summed E-state index contributed by atoms with van der Waals surface area (Å²) < 4.78 is 18.4. The smallest absolute Gasteiger partial charge is 0.251 e. The molecule has 4 heteroatoms. The van der Waals surface area contributed by atoms with Crippen LogP contribution in [0.25, 0.3) is 0 Å². The molecular weight excluding hydrogens is 257 g/mol. The van der Waals surface area contributed by atoms with Gasteiger partial charge in [0.2, 0.25) is 0 Å². The first kappa shape index (κ1) is 12.7. The zero-order chi connectivity index (χ0) is 13.9. The van der Waals surface area contributed by atoms with E-state index < -0.39 is 0 Å². The lowest BCUT2D eigenvalue weighted by atomic mass is 10.0. The van der Waals surface area contributed by atoms with Gasteiger partial charge in [0, 0.05) is 5.56 Å². The molecule has 3 rings (SSSR count). The molecule has 0 saturated carbocycles. The predicted octanol–water partition coefficient (Wildman–Crippen LogP) is 2.56. The minimum Gasteiger partial charge on any atom is -0.491 e. The second kappa shape index (κ2) is 5.33. The summed E-state index contributed by atoms with van der Waals surface area (Å²) in [4.78, 5) is 12.0. The maximum absolute atomic E-state index is 12.8. The van der Waals surface area contributed by atoms with Crippen LogP contribution in [-0.4, -0.2) is 18.6 Å². The van der Waals surface area contributed by atoms with Gasteiger partial charge in [0.05, 0.1) is 6.04 Å². The van der Waals surface area contributed by atoms with Gasteiger partial charge < -0.3 is 10.1 Å². The Kier molecular flexibility index (Phi) is 3.37. The number of carbonyl (C=O) groups is 1. The van der Waals surface area contributed by atoms with Gasteiger partial charge in [-0.15, -0.1) is 0 Å². The van der Waals surface area contributed by atoms with Crippen molar-refractivity contribution in [3.05, 3.63) is 65.5 Å². The molecule has 102 valence electrons. The van der Waals surface area contributed by atoms with E-state index in [1.54, 1.807) is 0 Å². The normalized spacial score (nSPS) is 16.9. The quantitative estimate of drug-likeness (QED) is 0.911. The van der Waals surface area contributed by atoms with Crippen molar-refractivity contribution in [1.29, 1.82) is 0 Å². The van der Waals surface area contributed by atoms with Crippen LogP contribution in [0.2, 0.25) is 0 Å². The molecular formula is C16H14FNO2. The van der Waals surface area contributed by atoms with Crippen molar-refractivity contribution in [2.75, 3.05) is 6.61 Å². The third kappa shape index (κ3) is 2.64. The van der Waals surface area contributed by atoms with Crippen LogP contribution in [0.15, 0.2) is 48.5 Å². The summed E-state index contributed by atoms with van der Waals surface area (Å²) in [5.74, 6) is 0.314. The second-order valence-corrected chi connectivity index (χ2v) is 4.80. The van der Waals surface area contributed by atoms with E-state index in [2.05, 4.69) is 5.32 Å². The molecule has 1 aliphatic rings. The number of hydrogen-bond acceptors (Lipinski definition) is 2. The van der Waals surface area contributed by atoms with Crippen LogP contribution in [0.1, 0.15) is 15.9 Å². The van der Waals surface area contributed by atoms with E-state index in [4.69, 9.17) is 4.74 Å². The largest absolute Gasteiger partial charge is 0.491 e. The third-order valence-corrected chi connectivity index (χ3v) is 3.32. The van der Waals surface area contributed by atoms with Crippen molar-refractivity contribution in [3.8, 4) is 5.75 Å². The number of benzene rings is 2. The average molecular weight is 271 g/mol. The average Bonchev–Trinajstić information content (AvgIpc) is 2.48. The highest BCUT2D eigenvalue weighted by Crippen LogP contribution is 2.23. The maximum atomic E-state index is 12.8. The Morgan fingerprint density at radius 1 is 1.15 bits per heavy atom. The minimum absolute atomic E-state index is 0.0672. The highest BCUT2D eigenvalue weighted by molar-refractivity contribution is 5.94. The SMILES string of the molecule is O=C(NC1COc2ccccc2C1)c1ccc(F)cc1. The molecule has 0 radical (unpaired) electrons. The summed E-state index contributed by atoms with van der Waals surface area (Å²) in [5.41, 5.74) is 1.54. The molecule has 0 bridgehead atoms. The molecule has 1 heterocycles. The molecule has 0 aliphatic carbocycles. The number of amides is 1. The summed E-state index contributed by atoms with van der Waals surface area (Å²) in [5, 5.41) is 2.91. The highest BCUT2D eigenvalue weighted by atomic mass is 19.1. The number of fused-ring (bicyclic) bond motifs is 1. The van der Waals surface area contributed by atoms with Crippen molar-refractivity contribution >= 4 is 5.91 Å². The highest BCUT2D eigenvalue weighted by Gasteiger charge is 2.21. The van der Waals surface area contributed by atoms with Crippen LogP contribution >= 0.6 is 0 Å². The van der Waals surface area contributed by atoms with Crippen molar-refractivity contribution in [3.63, 3.8) is 0 Å². The van der Waals surface area contributed by atoms with E-state index >= 15 is 0 Å². The van der Waals surface area contributed by atoms with Crippen molar-refractivity contribution in [2.45, 2.75) is 12.5 Å². The third-order valence-electron chi connectivity index (χ3n) is 3.32. The molecule has 0 fully saturated rings. The molecule has 1 amide bonds. The summed E-state index contributed by atoms with van der Waals surface area (Å²) in [6, 6.07) is 13.2. The Morgan fingerprint density at radius 2 is 1.90 bits per heavy atom. The van der Waals surface area contributed by atoms with Gasteiger partial charge in [0.25, 0.3) is 5.91 Å². The van der Waals surface area contributed by atoms with Crippen LogP contribution in [0, 0.1) is 5.82 Å². The lowest BCUT2D eigenvalue weighted by Crippen LogP contribution is -2.42. The minimum atomic E-state index is -0.350. The molecule has 3 nitrogen and oxygen atoms in total. The Bertz CT molecular complexity index is 625. The number of para-hydroxylation sites is 1.